The van der Waals surface area contributed by atoms with Crippen LogP contribution in [0.2, 0.25) is 0 Å². The van der Waals surface area contributed by atoms with Crippen LogP contribution in [0.5, 0.6) is 0 Å². The molecule has 0 atom stereocenters. The molecule has 0 aliphatic rings. The molecule has 0 fully saturated rings. The Hall–Kier alpha value is -2.80. The van der Waals surface area contributed by atoms with Gasteiger partial charge in [0.05, 0.1) is 16.8 Å². The molecule has 2 heterocycles. The van der Waals surface area contributed by atoms with Crippen molar-refractivity contribution in [1.82, 2.24) is 9.49 Å². The number of ketones is 1. The minimum absolute atomic E-state index is 0.0145. The zero-order valence-corrected chi connectivity index (χ0v) is 14.4. The van der Waals surface area contributed by atoms with Crippen LogP contribution in [0.4, 0.5) is 4.39 Å². The van der Waals surface area contributed by atoms with Gasteiger partial charge < -0.3 is 14.2 Å². The van der Waals surface area contributed by atoms with E-state index in [1.54, 1.807) is 29.5 Å². The third-order valence-corrected chi connectivity index (χ3v) is 4.38. The van der Waals surface area contributed by atoms with Crippen LogP contribution in [0.1, 0.15) is 32.0 Å². The van der Waals surface area contributed by atoms with Gasteiger partial charge in [-0.2, -0.15) is 0 Å². The Bertz CT molecular complexity index is 1070. The van der Waals surface area contributed by atoms with E-state index in [2.05, 4.69) is 0 Å². The van der Waals surface area contributed by atoms with Gasteiger partial charge in [0.15, 0.2) is 0 Å². The van der Waals surface area contributed by atoms with Crippen LogP contribution in [-0.2, 0) is 4.57 Å². The fraction of sp³-hybridized carbons (Fsp3) is 0.0588. The standard InChI is InChI=1S/C17H14FN2O5P/c1-10-14(17(22)19-26(23,24)25)13-4-2-3-9-20(13)15(10)16(21)11-5-7-12(18)8-6-11/h2-9H,1H3,(H3,19,22,23,24,25). The summed E-state index contributed by atoms with van der Waals surface area (Å²) in [4.78, 5) is 43.2. The maximum absolute atomic E-state index is 13.1. The summed E-state index contributed by atoms with van der Waals surface area (Å²) in [5, 5.41) is 1.62. The lowest BCUT2D eigenvalue weighted by Gasteiger charge is -2.06. The summed E-state index contributed by atoms with van der Waals surface area (Å²) in [5.74, 6) is -1.92. The number of pyridine rings is 1. The van der Waals surface area contributed by atoms with E-state index < -0.39 is 25.3 Å². The lowest BCUT2D eigenvalue weighted by Crippen LogP contribution is -2.20. The Labute approximate surface area is 147 Å². The number of carbonyl (C=O) groups excluding carboxylic acids is 2. The Balaban J connectivity index is 2.19. The van der Waals surface area contributed by atoms with Crippen LogP contribution in [0.15, 0.2) is 48.7 Å². The van der Waals surface area contributed by atoms with Crippen LogP contribution in [0.25, 0.3) is 5.52 Å². The molecule has 134 valence electrons. The van der Waals surface area contributed by atoms with E-state index in [0.29, 0.717) is 5.52 Å². The number of hydrogen-bond donors (Lipinski definition) is 3. The Morgan fingerprint density at radius 2 is 1.77 bits per heavy atom. The predicted molar refractivity (Wildman–Crippen MR) is 91.5 cm³/mol. The van der Waals surface area contributed by atoms with Crippen molar-refractivity contribution in [2.45, 2.75) is 6.92 Å². The van der Waals surface area contributed by atoms with Crippen molar-refractivity contribution >= 4 is 25.0 Å². The van der Waals surface area contributed by atoms with Crippen LogP contribution in [0.3, 0.4) is 0 Å². The van der Waals surface area contributed by atoms with Gasteiger partial charge in [0, 0.05) is 11.8 Å². The monoisotopic (exact) mass is 376 g/mol. The minimum atomic E-state index is -4.80. The summed E-state index contributed by atoms with van der Waals surface area (Å²) in [6, 6.07) is 9.81. The van der Waals surface area contributed by atoms with Crippen molar-refractivity contribution in [3.8, 4) is 0 Å². The van der Waals surface area contributed by atoms with Crippen molar-refractivity contribution in [3.05, 3.63) is 76.9 Å². The lowest BCUT2D eigenvalue weighted by atomic mass is 10.0. The normalized spacial score (nSPS) is 11.5. The molecular weight excluding hydrogens is 362 g/mol. The molecule has 2 aromatic heterocycles. The maximum Gasteiger partial charge on any atom is 0.430 e. The van der Waals surface area contributed by atoms with E-state index in [-0.39, 0.29) is 22.4 Å². The van der Waals surface area contributed by atoms with E-state index >= 15 is 0 Å². The summed E-state index contributed by atoms with van der Waals surface area (Å²) in [6.07, 6.45) is 1.56. The van der Waals surface area contributed by atoms with Gasteiger partial charge in [0.1, 0.15) is 5.82 Å². The summed E-state index contributed by atoms with van der Waals surface area (Å²) < 4.78 is 25.7. The Kier molecular flexibility index (Phi) is 4.50. The first kappa shape index (κ1) is 18.0. The summed E-state index contributed by atoms with van der Waals surface area (Å²) in [5.41, 5.74) is 0.944. The average Bonchev–Trinajstić information content (AvgIpc) is 2.85. The van der Waals surface area contributed by atoms with Gasteiger partial charge in [-0.05, 0) is 48.9 Å². The van der Waals surface area contributed by atoms with Gasteiger partial charge in [0.2, 0.25) is 5.78 Å². The lowest BCUT2D eigenvalue weighted by molar-refractivity contribution is 0.0973. The maximum atomic E-state index is 13.1. The zero-order valence-electron chi connectivity index (χ0n) is 13.5. The zero-order chi connectivity index (χ0) is 19.1. The molecule has 1 amide bonds. The predicted octanol–water partition coefficient (Wildman–Crippen LogP) is 2.44. The van der Waals surface area contributed by atoms with Crippen molar-refractivity contribution < 1.29 is 28.3 Å². The molecule has 9 heteroatoms. The fourth-order valence-corrected chi connectivity index (χ4v) is 3.20. The molecule has 3 aromatic rings. The first-order valence-corrected chi connectivity index (χ1v) is 9.08. The summed E-state index contributed by atoms with van der Waals surface area (Å²) in [7, 11) is -4.80. The number of amides is 1. The number of halogens is 1. The molecule has 0 aliphatic heterocycles. The fourth-order valence-electron chi connectivity index (χ4n) is 2.83. The molecule has 0 aliphatic carbocycles. The number of fused-ring (bicyclic) bond motifs is 1. The number of hydrogen-bond acceptors (Lipinski definition) is 3. The second-order valence-corrected chi connectivity index (χ2v) is 6.94. The molecule has 0 radical (unpaired) electrons. The van der Waals surface area contributed by atoms with Gasteiger partial charge in [-0.1, -0.05) is 6.07 Å². The second-order valence-electron chi connectivity index (χ2n) is 5.63. The van der Waals surface area contributed by atoms with E-state index in [4.69, 9.17) is 9.79 Å². The SMILES string of the molecule is Cc1c(C(=O)NP(=O)(O)O)c2ccccn2c1C(=O)c1ccc(F)cc1. The number of rotatable bonds is 4. The second kappa shape index (κ2) is 6.49. The first-order chi connectivity index (χ1) is 12.2. The molecule has 0 saturated heterocycles. The molecule has 0 saturated carbocycles. The molecule has 3 N–H and O–H groups in total. The molecule has 7 nitrogen and oxygen atoms in total. The van der Waals surface area contributed by atoms with Gasteiger partial charge in [-0.3, -0.25) is 14.7 Å². The molecule has 1 aromatic carbocycles. The van der Waals surface area contributed by atoms with Gasteiger partial charge in [-0.15, -0.1) is 0 Å². The average molecular weight is 376 g/mol. The van der Waals surface area contributed by atoms with Crippen LogP contribution >= 0.6 is 7.75 Å². The highest BCUT2D eigenvalue weighted by Gasteiger charge is 2.28. The van der Waals surface area contributed by atoms with E-state index in [1.807, 2.05) is 0 Å². The molecule has 0 spiro atoms. The van der Waals surface area contributed by atoms with E-state index in [0.717, 1.165) is 12.1 Å². The summed E-state index contributed by atoms with van der Waals surface area (Å²) >= 11 is 0. The smallest absolute Gasteiger partial charge is 0.313 e. The molecular formula is C17H14FN2O5P. The quantitative estimate of drug-likeness (QED) is 0.479. The minimum Gasteiger partial charge on any atom is -0.313 e. The highest BCUT2D eigenvalue weighted by atomic mass is 31.2. The van der Waals surface area contributed by atoms with Crippen LogP contribution in [-0.4, -0.2) is 25.9 Å². The number of aromatic nitrogens is 1. The van der Waals surface area contributed by atoms with Crippen LogP contribution in [0, 0.1) is 12.7 Å². The van der Waals surface area contributed by atoms with Crippen molar-refractivity contribution in [2.75, 3.05) is 0 Å². The van der Waals surface area contributed by atoms with Crippen molar-refractivity contribution in [3.63, 3.8) is 0 Å². The van der Waals surface area contributed by atoms with Gasteiger partial charge in [0.25, 0.3) is 5.91 Å². The first-order valence-electron chi connectivity index (χ1n) is 7.47. The third kappa shape index (κ3) is 3.30. The number of nitrogens with one attached hydrogen (secondary N) is 1. The van der Waals surface area contributed by atoms with Gasteiger partial charge in [-0.25, -0.2) is 8.96 Å². The molecule has 26 heavy (non-hydrogen) atoms. The largest absolute Gasteiger partial charge is 0.430 e. The van der Waals surface area contributed by atoms with Crippen molar-refractivity contribution in [1.29, 1.82) is 0 Å². The van der Waals surface area contributed by atoms with Crippen molar-refractivity contribution in [2.24, 2.45) is 0 Å². The number of carbonyl (C=O) groups is 2. The molecule has 0 unspecified atom stereocenters. The highest BCUT2D eigenvalue weighted by molar-refractivity contribution is 7.50. The van der Waals surface area contributed by atoms with Crippen LogP contribution < -0.4 is 5.09 Å². The number of benzene rings is 1. The van der Waals surface area contributed by atoms with E-state index in [9.17, 15) is 18.5 Å². The highest BCUT2D eigenvalue weighted by Crippen LogP contribution is 2.31. The van der Waals surface area contributed by atoms with Gasteiger partial charge >= 0.3 is 7.75 Å². The molecule has 3 rings (SSSR count). The third-order valence-electron chi connectivity index (χ3n) is 3.88. The molecule has 0 bridgehead atoms. The Morgan fingerprint density at radius 3 is 2.38 bits per heavy atom. The summed E-state index contributed by atoms with van der Waals surface area (Å²) in [6.45, 7) is 1.51. The Morgan fingerprint density at radius 1 is 1.12 bits per heavy atom. The number of nitrogens with zero attached hydrogens (tertiary/aromatic N) is 1. The van der Waals surface area contributed by atoms with E-state index in [1.165, 1.54) is 23.5 Å². The topological polar surface area (TPSA) is 108 Å².